The molecule has 0 aromatic carbocycles. The highest BCUT2D eigenvalue weighted by molar-refractivity contribution is 5.75. The van der Waals surface area contributed by atoms with Crippen molar-refractivity contribution in [2.75, 3.05) is 11.9 Å². The highest BCUT2D eigenvalue weighted by atomic mass is 16.2. The fourth-order valence-electron chi connectivity index (χ4n) is 3.18. The predicted molar refractivity (Wildman–Crippen MR) is 96.7 cm³/mol. The van der Waals surface area contributed by atoms with E-state index in [2.05, 4.69) is 25.9 Å². The second-order valence-corrected chi connectivity index (χ2v) is 6.40. The number of amides is 2. The number of hydrogen-bond donors (Lipinski definition) is 3. The Balaban J connectivity index is 1.60. The van der Waals surface area contributed by atoms with Crippen LogP contribution in [0.2, 0.25) is 0 Å². The molecule has 8 heteroatoms. The van der Waals surface area contributed by atoms with Crippen LogP contribution in [0.15, 0.2) is 23.1 Å². The van der Waals surface area contributed by atoms with Gasteiger partial charge in [-0.3, -0.25) is 9.36 Å². The van der Waals surface area contributed by atoms with Gasteiger partial charge in [0.15, 0.2) is 0 Å². The van der Waals surface area contributed by atoms with E-state index in [0.717, 1.165) is 31.1 Å². The number of carbonyl (C=O) groups is 1. The Bertz CT molecular complexity index is 810. The molecule has 2 aromatic heterocycles. The van der Waals surface area contributed by atoms with Gasteiger partial charge in [0.1, 0.15) is 5.65 Å². The van der Waals surface area contributed by atoms with Gasteiger partial charge < -0.3 is 16.0 Å². The molecule has 1 aliphatic carbocycles. The number of aromatic nitrogens is 3. The molecule has 0 saturated heterocycles. The van der Waals surface area contributed by atoms with Gasteiger partial charge in [-0.05, 0) is 38.7 Å². The Morgan fingerprint density at radius 1 is 1.24 bits per heavy atom. The number of pyridine rings is 1. The van der Waals surface area contributed by atoms with Gasteiger partial charge in [0.25, 0.3) is 5.56 Å². The van der Waals surface area contributed by atoms with Gasteiger partial charge >= 0.3 is 6.03 Å². The third kappa shape index (κ3) is 4.07. The van der Waals surface area contributed by atoms with Crippen molar-refractivity contribution < 1.29 is 4.79 Å². The summed E-state index contributed by atoms with van der Waals surface area (Å²) in [5.41, 5.74) is 0.533. The molecule has 134 valence electrons. The first kappa shape index (κ1) is 17.2. The van der Waals surface area contributed by atoms with E-state index in [1.165, 1.54) is 10.6 Å². The van der Waals surface area contributed by atoms with E-state index in [0.29, 0.717) is 18.1 Å². The molecule has 25 heavy (non-hydrogen) atoms. The lowest BCUT2D eigenvalue weighted by atomic mass is 9.91. The highest BCUT2D eigenvalue weighted by Crippen LogP contribution is 2.21. The summed E-state index contributed by atoms with van der Waals surface area (Å²) >= 11 is 0. The van der Waals surface area contributed by atoms with Crippen molar-refractivity contribution >= 4 is 23.0 Å². The van der Waals surface area contributed by atoms with E-state index >= 15 is 0 Å². The quantitative estimate of drug-likeness (QED) is 0.778. The van der Waals surface area contributed by atoms with E-state index in [1.807, 2.05) is 6.92 Å². The third-order valence-corrected chi connectivity index (χ3v) is 4.58. The number of anilines is 1. The summed E-state index contributed by atoms with van der Waals surface area (Å²) in [4.78, 5) is 32.2. The fourth-order valence-corrected chi connectivity index (χ4v) is 3.18. The molecule has 0 unspecified atom stereocenters. The molecule has 2 aromatic rings. The van der Waals surface area contributed by atoms with Gasteiger partial charge in [0.05, 0.1) is 0 Å². The summed E-state index contributed by atoms with van der Waals surface area (Å²) in [5.74, 6) is 0.536. The SMILES string of the molecule is CCNC(=O)NC1CCC(Nc2ncc3ccc(=O)n(C)c3n2)CC1. The lowest BCUT2D eigenvalue weighted by molar-refractivity contribution is 0.232. The summed E-state index contributed by atoms with van der Waals surface area (Å²) in [5, 5.41) is 9.94. The third-order valence-electron chi connectivity index (χ3n) is 4.58. The van der Waals surface area contributed by atoms with Crippen molar-refractivity contribution in [3.05, 3.63) is 28.7 Å². The van der Waals surface area contributed by atoms with Crippen LogP contribution < -0.4 is 21.5 Å². The molecule has 0 spiro atoms. The average Bonchev–Trinajstić information content (AvgIpc) is 2.60. The molecular formula is C17H24N6O2. The number of aryl methyl sites for hydroxylation is 1. The average molecular weight is 344 g/mol. The Labute approximate surface area is 146 Å². The number of rotatable bonds is 4. The smallest absolute Gasteiger partial charge is 0.314 e. The van der Waals surface area contributed by atoms with Gasteiger partial charge in [-0.25, -0.2) is 9.78 Å². The van der Waals surface area contributed by atoms with Crippen molar-refractivity contribution in [1.29, 1.82) is 0 Å². The molecule has 3 rings (SSSR count). The summed E-state index contributed by atoms with van der Waals surface area (Å²) in [6, 6.07) is 3.63. The lowest BCUT2D eigenvalue weighted by Crippen LogP contribution is -2.44. The minimum Gasteiger partial charge on any atom is -0.351 e. The summed E-state index contributed by atoms with van der Waals surface area (Å²) in [6.07, 6.45) is 5.44. The van der Waals surface area contributed by atoms with E-state index in [9.17, 15) is 9.59 Å². The van der Waals surface area contributed by atoms with Gasteiger partial charge in [-0.15, -0.1) is 0 Å². The molecule has 0 radical (unpaired) electrons. The first-order valence-corrected chi connectivity index (χ1v) is 8.70. The Hall–Kier alpha value is -2.64. The molecule has 1 saturated carbocycles. The Morgan fingerprint density at radius 3 is 2.68 bits per heavy atom. The van der Waals surface area contributed by atoms with E-state index in [1.54, 1.807) is 19.3 Å². The van der Waals surface area contributed by atoms with Crippen LogP contribution in [0.25, 0.3) is 11.0 Å². The van der Waals surface area contributed by atoms with Crippen LogP contribution in [-0.4, -0.2) is 39.2 Å². The molecule has 8 nitrogen and oxygen atoms in total. The monoisotopic (exact) mass is 344 g/mol. The minimum absolute atomic E-state index is 0.0888. The summed E-state index contributed by atoms with van der Waals surface area (Å²) in [6.45, 7) is 2.53. The standard InChI is InChI=1S/C17H24N6O2/c1-3-18-17(25)21-13-7-5-12(6-8-13)20-16-19-10-11-4-9-14(24)23(2)15(11)22-16/h4,9-10,12-13H,3,5-8H2,1-2H3,(H2,18,21,25)(H,19,20,22). The van der Waals surface area contributed by atoms with Gasteiger partial charge in [0, 0.05) is 43.3 Å². The zero-order valence-electron chi connectivity index (χ0n) is 14.6. The molecule has 0 atom stereocenters. The highest BCUT2D eigenvalue weighted by Gasteiger charge is 2.22. The predicted octanol–water partition coefficient (Wildman–Crippen LogP) is 1.37. The summed E-state index contributed by atoms with van der Waals surface area (Å²) < 4.78 is 1.52. The number of carbonyl (C=O) groups excluding carboxylic acids is 1. The van der Waals surface area contributed by atoms with Crippen LogP contribution in [0.3, 0.4) is 0 Å². The zero-order valence-corrected chi connectivity index (χ0v) is 14.6. The maximum absolute atomic E-state index is 11.7. The van der Waals surface area contributed by atoms with Gasteiger partial charge in [0.2, 0.25) is 5.95 Å². The van der Waals surface area contributed by atoms with Crippen molar-refractivity contribution in [3.63, 3.8) is 0 Å². The van der Waals surface area contributed by atoms with Crippen molar-refractivity contribution in [2.45, 2.75) is 44.7 Å². The van der Waals surface area contributed by atoms with Gasteiger partial charge in [-0.1, -0.05) is 0 Å². The molecule has 2 amide bonds. The Morgan fingerprint density at radius 2 is 1.96 bits per heavy atom. The number of urea groups is 1. The zero-order chi connectivity index (χ0) is 17.8. The second kappa shape index (κ2) is 7.50. The topological polar surface area (TPSA) is 101 Å². The first-order valence-electron chi connectivity index (χ1n) is 8.70. The molecule has 1 fully saturated rings. The van der Waals surface area contributed by atoms with Crippen LogP contribution in [0.5, 0.6) is 0 Å². The van der Waals surface area contributed by atoms with Crippen molar-refractivity contribution in [1.82, 2.24) is 25.2 Å². The van der Waals surface area contributed by atoms with Crippen molar-refractivity contribution in [3.8, 4) is 0 Å². The largest absolute Gasteiger partial charge is 0.351 e. The first-order chi connectivity index (χ1) is 12.1. The second-order valence-electron chi connectivity index (χ2n) is 6.40. The Kier molecular flexibility index (Phi) is 5.16. The minimum atomic E-state index is -0.0994. The number of fused-ring (bicyclic) bond motifs is 1. The normalized spacial score (nSPS) is 20.2. The number of nitrogens with zero attached hydrogens (tertiary/aromatic N) is 3. The fraction of sp³-hybridized carbons (Fsp3) is 0.529. The molecule has 1 aliphatic rings. The number of hydrogen-bond acceptors (Lipinski definition) is 5. The molecule has 0 bridgehead atoms. The molecule has 2 heterocycles. The molecule has 0 aliphatic heterocycles. The van der Waals surface area contributed by atoms with Crippen LogP contribution in [0.4, 0.5) is 10.7 Å². The van der Waals surface area contributed by atoms with Crippen LogP contribution in [0, 0.1) is 0 Å². The summed E-state index contributed by atoms with van der Waals surface area (Å²) in [7, 11) is 1.71. The molecule has 3 N–H and O–H groups in total. The maximum atomic E-state index is 11.7. The van der Waals surface area contributed by atoms with Crippen LogP contribution >= 0.6 is 0 Å². The maximum Gasteiger partial charge on any atom is 0.314 e. The van der Waals surface area contributed by atoms with Gasteiger partial charge in [-0.2, -0.15) is 4.98 Å². The van der Waals surface area contributed by atoms with E-state index in [4.69, 9.17) is 0 Å². The number of nitrogens with one attached hydrogen (secondary N) is 3. The van der Waals surface area contributed by atoms with Crippen molar-refractivity contribution in [2.24, 2.45) is 7.05 Å². The molecular weight excluding hydrogens is 320 g/mol. The van der Waals surface area contributed by atoms with Crippen LogP contribution in [-0.2, 0) is 7.05 Å². The lowest BCUT2D eigenvalue weighted by Gasteiger charge is -2.29. The van der Waals surface area contributed by atoms with E-state index < -0.39 is 0 Å². The van der Waals surface area contributed by atoms with Crippen LogP contribution in [0.1, 0.15) is 32.6 Å². The van der Waals surface area contributed by atoms with E-state index in [-0.39, 0.29) is 23.7 Å².